The summed E-state index contributed by atoms with van der Waals surface area (Å²) in [5.74, 6) is 1.05. The van der Waals surface area contributed by atoms with Crippen molar-refractivity contribution >= 4 is 5.91 Å². The second-order valence-electron chi connectivity index (χ2n) is 7.59. The zero-order valence-electron chi connectivity index (χ0n) is 16.0. The largest absolute Gasteiger partial charge is 0.494 e. The number of rotatable bonds is 7. The second kappa shape index (κ2) is 7.35. The van der Waals surface area contributed by atoms with E-state index in [4.69, 9.17) is 9.47 Å². The van der Waals surface area contributed by atoms with Gasteiger partial charge in [-0.1, -0.05) is 36.4 Å². The molecule has 142 valence electrons. The lowest BCUT2D eigenvalue weighted by molar-refractivity contribution is -0.123. The van der Waals surface area contributed by atoms with Crippen LogP contribution >= 0.6 is 0 Å². The Morgan fingerprint density at radius 2 is 2.00 bits per heavy atom. The monoisotopic (exact) mass is 365 g/mol. The van der Waals surface area contributed by atoms with Crippen molar-refractivity contribution in [3.63, 3.8) is 0 Å². The fraction of sp³-hybridized carbons (Fsp3) is 0.435. The maximum atomic E-state index is 13.0. The highest BCUT2D eigenvalue weighted by atomic mass is 16.5. The van der Waals surface area contributed by atoms with Crippen molar-refractivity contribution in [1.82, 2.24) is 5.32 Å². The van der Waals surface area contributed by atoms with E-state index in [1.54, 1.807) is 7.11 Å². The Labute approximate surface area is 160 Å². The van der Waals surface area contributed by atoms with Crippen LogP contribution in [0.25, 0.3) is 0 Å². The minimum absolute atomic E-state index is 0.0666. The maximum Gasteiger partial charge on any atom is 0.224 e. The van der Waals surface area contributed by atoms with Gasteiger partial charge in [0.1, 0.15) is 5.75 Å². The van der Waals surface area contributed by atoms with E-state index in [0.717, 1.165) is 30.6 Å². The zero-order chi connectivity index (χ0) is 18.9. The Balaban J connectivity index is 1.46. The lowest BCUT2D eigenvalue weighted by Gasteiger charge is -2.20. The van der Waals surface area contributed by atoms with Gasteiger partial charge in [-0.2, -0.15) is 0 Å². The van der Waals surface area contributed by atoms with E-state index in [-0.39, 0.29) is 23.3 Å². The molecule has 0 radical (unpaired) electrons. The number of benzene rings is 2. The number of methoxy groups -OCH3 is 1. The molecule has 0 heterocycles. The molecule has 2 unspecified atom stereocenters. The summed E-state index contributed by atoms with van der Waals surface area (Å²) in [6.45, 7) is 3.06. The maximum absolute atomic E-state index is 13.0. The van der Waals surface area contributed by atoms with E-state index < -0.39 is 0 Å². The highest BCUT2D eigenvalue weighted by Gasteiger charge is 2.61. The first kappa shape index (κ1) is 18.1. The smallest absolute Gasteiger partial charge is 0.224 e. The minimum Gasteiger partial charge on any atom is -0.494 e. The van der Waals surface area contributed by atoms with Crippen LogP contribution in [0.15, 0.2) is 48.5 Å². The molecule has 1 saturated carbocycles. The number of carbonyl (C=O) groups is 1. The summed E-state index contributed by atoms with van der Waals surface area (Å²) in [7, 11) is 1.67. The summed E-state index contributed by atoms with van der Waals surface area (Å²) in [5.41, 5.74) is 3.90. The molecule has 1 spiro atoms. The lowest BCUT2D eigenvalue weighted by Crippen LogP contribution is -2.34. The van der Waals surface area contributed by atoms with E-state index in [2.05, 4.69) is 29.6 Å². The molecule has 3 atom stereocenters. The van der Waals surface area contributed by atoms with Crippen molar-refractivity contribution < 1.29 is 14.3 Å². The van der Waals surface area contributed by atoms with E-state index in [9.17, 15) is 4.79 Å². The van der Waals surface area contributed by atoms with Crippen LogP contribution < -0.4 is 10.1 Å². The molecule has 4 rings (SSSR count). The van der Waals surface area contributed by atoms with Gasteiger partial charge in [-0.25, -0.2) is 0 Å². The summed E-state index contributed by atoms with van der Waals surface area (Å²) >= 11 is 0. The Hall–Kier alpha value is -2.33. The van der Waals surface area contributed by atoms with Gasteiger partial charge in [-0.3, -0.25) is 4.79 Å². The van der Waals surface area contributed by atoms with E-state index >= 15 is 0 Å². The number of hydrogen-bond donors (Lipinski definition) is 1. The predicted molar refractivity (Wildman–Crippen MR) is 105 cm³/mol. The molecule has 0 aliphatic heterocycles. The number of fused-ring (bicyclic) bond motifs is 2. The third kappa shape index (κ3) is 3.34. The summed E-state index contributed by atoms with van der Waals surface area (Å²) in [4.78, 5) is 13.0. The number of hydrogen-bond acceptors (Lipinski definition) is 3. The molecule has 0 saturated heterocycles. The number of carbonyl (C=O) groups excluding carboxylic acids is 1. The normalized spacial score (nSPS) is 23.7. The Kier molecular flexibility index (Phi) is 4.92. The van der Waals surface area contributed by atoms with Crippen LogP contribution in [0.1, 0.15) is 42.5 Å². The standard InChI is InChI=1S/C23H27NO3/c1-3-27-18-10-8-17(9-11-18)21(15-26-2)24-22(25)20-14-23(20)13-12-16-6-4-5-7-19(16)23/h4-11,20-21H,3,12-15H2,1-2H3,(H,24,25)/t20?,21-,23?/m0/s1. The van der Waals surface area contributed by atoms with Crippen molar-refractivity contribution in [2.45, 2.75) is 37.6 Å². The average molecular weight is 365 g/mol. The van der Waals surface area contributed by atoms with Crippen LogP contribution in [-0.4, -0.2) is 26.2 Å². The van der Waals surface area contributed by atoms with Crippen molar-refractivity contribution in [3.05, 3.63) is 65.2 Å². The van der Waals surface area contributed by atoms with Crippen LogP contribution in [0.2, 0.25) is 0 Å². The molecule has 4 heteroatoms. The molecule has 1 N–H and O–H groups in total. The van der Waals surface area contributed by atoms with E-state index in [0.29, 0.717) is 13.2 Å². The first-order valence-electron chi connectivity index (χ1n) is 9.78. The van der Waals surface area contributed by atoms with Crippen molar-refractivity contribution in [3.8, 4) is 5.75 Å². The molecule has 1 amide bonds. The van der Waals surface area contributed by atoms with Gasteiger partial charge in [0.05, 0.1) is 19.3 Å². The van der Waals surface area contributed by atoms with E-state index in [1.165, 1.54) is 11.1 Å². The molecule has 2 aliphatic rings. The van der Waals surface area contributed by atoms with Gasteiger partial charge in [-0.15, -0.1) is 0 Å². The zero-order valence-corrected chi connectivity index (χ0v) is 16.0. The summed E-state index contributed by atoms with van der Waals surface area (Å²) in [5, 5.41) is 3.22. The predicted octanol–water partition coefficient (Wildman–Crippen LogP) is 3.79. The van der Waals surface area contributed by atoms with Gasteiger partial charge < -0.3 is 14.8 Å². The van der Waals surface area contributed by atoms with Gasteiger partial charge in [-0.05, 0) is 55.0 Å². The van der Waals surface area contributed by atoms with Gasteiger partial charge in [0.15, 0.2) is 0 Å². The summed E-state index contributed by atoms with van der Waals surface area (Å²) in [6, 6.07) is 16.3. The van der Waals surface area contributed by atoms with Gasteiger partial charge in [0.25, 0.3) is 0 Å². The molecule has 0 bridgehead atoms. The first-order chi connectivity index (χ1) is 13.2. The number of amides is 1. The second-order valence-corrected chi connectivity index (χ2v) is 7.59. The number of ether oxygens (including phenoxy) is 2. The Morgan fingerprint density at radius 1 is 1.22 bits per heavy atom. The number of aryl methyl sites for hydroxylation is 1. The van der Waals surface area contributed by atoms with Crippen LogP contribution in [0, 0.1) is 5.92 Å². The van der Waals surface area contributed by atoms with Crippen LogP contribution in [0.4, 0.5) is 0 Å². The SMILES string of the molecule is CCOc1ccc([C@H](COC)NC(=O)C2CC23CCc2ccccc23)cc1. The topological polar surface area (TPSA) is 47.6 Å². The summed E-state index contributed by atoms with van der Waals surface area (Å²) in [6.07, 6.45) is 3.13. The average Bonchev–Trinajstić information content (AvgIpc) is 3.31. The quantitative estimate of drug-likeness (QED) is 0.812. The van der Waals surface area contributed by atoms with Crippen LogP contribution in [0.5, 0.6) is 5.75 Å². The number of nitrogens with one attached hydrogen (secondary N) is 1. The molecule has 2 aromatic rings. The highest BCUT2D eigenvalue weighted by Crippen LogP contribution is 2.61. The molecular weight excluding hydrogens is 338 g/mol. The molecule has 0 aromatic heterocycles. The van der Waals surface area contributed by atoms with Crippen molar-refractivity contribution in [2.24, 2.45) is 5.92 Å². The molecule has 1 fully saturated rings. The molecule has 2 aliphatic carbocycles. The Morgan fingerprint density at radius 3 is 2.74 bits per heavy atom. The minimum atomic E-state index is -0.146. The summed E-state index contributed by atoms with van der Waals surface area (Å²) < 4.78 is 10.9. The van der Waals surface area contributed by atoms with Gasteiger partial charge >= 0.3 is 0 Å². The van der Waals surface area contributed by atoms with Crippen LogP contribution in [0.3, 0.4) is 0 Å². The Bertz CT molecular complexity index is 817. The molecule has 2 aromatic carbocycles. The third-order valence-electron chi connectivity index (χ3n) is 6.03. The van der Waals surface area contributed by atoms with Gasteiger partial charge in [0, 0.05) is 18.4 Å². The van der Waals surface area contributed by atoms with Crippen molar-refractivity contribution in [2.75, 3.05) is 20.3 Å². The van der Waals surface area contributed by atoms with E-state index in [1.807, 2.05) is 31.2 Å². The fourth-order valence-electron chi connectivity index (χ4n) is 4.56. The fourth-order valence-corrected chi connectivity index (χ4v) is 4.56. The van der Waals surface area contributed by atoms with Gasteiger partial charge in [0.2, 0.25) is 5.91 Å². The highest BCUT2D eigenvalue weighted by molar-refractivity contribution is 5.85. The molecule has 27 heavy (non-hydrogen) atoms. The molecule has 4 nitrogen and oxygen atoms in total. The molecular formula is C23H27NO3. The van der Waals surface area contributed by atoms with Crippen molar-refractivity contribution in [1.29, 1.82) is 0 Å². The van der Waals surface area contributed by atoms with Crippen LogP contribution in [-0.2, 0) is 21.4 Å². The lowest BCUT2D eigenvalue weighted by atomic mass is 9.95. The first-order valence-corrected chi connectivity index (χ1v) is 9.78. The third-order valence-corrected chi connectivity index (χ3v) is 6.03.